The number of rotatable bonds is 6. The molecule has 0 amide bonds. The molecule has 0 spiro atoms. The second-order valence-corrected chi connectivity index (χ2v) is 5.50. The molecule has 0 aliphatic carbocycles. The van der Waals surface area contributed by atoms with Crippen LogP contribution in [-0.4, -0.2) is 17.0 Å². The third-order valence-electron chi connectivity index (χ3n) is 3.48. The smallest absolute Gasteiger partial charge is 0.425 e. The van der Waals surface area contributed by atoms with Crippen molar-refractivity contribution in [3.63, 3.8) is 0 Å². The summed E-state index contributed by atoms with van der Waals surface area (Å²) in [4.78, 5) is 14.8. The van der Waals surface area contributed by atoms with Gasteiger partial charge in [-0.2, -0.15) is 5.26 Å². The van der Waals surface area contributed by atoms with Crippen LogP contribution < -0.4 is 0 Å². The lowest BCUT2D eigenvalue weighted by atomic mass is 9.71. The molecule has 4 nitrogen and oxygen atoms in total. The van der Waals surface area contributed by atoms with Crippen LogP contribution in [0.5, 0.6) is 0 Å². The number of carbonyl (C=O) groups excluding carboxylic acids is 1. The first kappa shape index (κ1) is 16.2. The topological polar surface area (TPSA) is 55.8 Å². The van der Waals surface area contributed by atoms with E-state index in [0.717, 1.165) is 25.7 Å². The van der Waals surface area contributed by atoms with Crippen molar-refractivity contribution in [1.82, 2.24) is 0 Å². The normalized spacial score (nSPS) is 15.2. The van der Waals surface area contributed by atoms with Gasteiger partial charge in [-0.1, -0.05) is 47.5 Å². The van der Waals surface area contributed by atoms with Crippen molar-refractivity contribution in [1.29, 1.82) is 0 Å². The molecule has 0 saturated carbocycles. The number of unbranched alkanes of at least 4 members (excludes halogenated alkanes) is 2. The first-order valence-corrected chi connectivity index (χ1v) is 6.37. The summed E-state index contributed by atoms with van der Waals surface area (Å²) in [7, 11) is 0. The summed E-state index contributed by atoms with van der Waals surface area (Å²) in [5, 5.41) is 8.36. The minimum absolute atomic E-state index is 0.191. The van der Waals surface area contributed by atoms with E-state index < -0.39 is 11.8 Å². The second kappa shape index (κ2) is 6.84. The van der Waals surface area contributed by atoms with Crippen molar-refractivity contribution in [2.45, 2.75) is 72.3 Å². The van der Waals surface area contributed by atoms with Crippen molar-refractivity contribution < 1.29 is 19.7 Å². The number of hydrogen-bond donors (Lipinski definition) is 1. The summed E-state index contributed by atoms with van der Waals surface area (Å²) < 4.78 is 5.34. The van der Waals surface area contributed by atoms with Crippen molar-refractivity contribution >= 4 is 6.16 Å². The Hall–Kier alpha value is -0.770. The fourth-order valence-electron chi connectivity index (χ4n) is 2.20. The Balaban J connectivity index is 4.82. The molecule has 0 aliphatic heterocycles. The predicted octanol–water partition coefficient (Wildman–Crippen LogP) is 4.39. The molecule has 1 N–H and O–H groups in total. The van der Waals surface area contributed by atoms with Crippen LogP contribution >= 0.6 is 0 Å². The van der Waals surface area contributed by atoms with Crippen molar-refractivity contribution in [2.75, 3.05) is 0 Å². The minimum Gasteiger partial charge on any atom is -0.425 e. The Morgan fingerprint density at radius 3 is 2.12 bits per heavy atom. The zero-order chi connectivity index (χ0) is 13.5. The molecule has 17 heavy (non-hydrogen) atoms. The van der Waals surface area contributed by atoms with E-state index in [4.69, 9.17) is 9.99 Å². The first-order valence-electron chi connectivity index (χ1n) is 6.37. The van der Waals surface area contributed by atoms with Gasteiger partial charge in [0.25, 0.3) is 0 Å². The van der Waals surface area contributed by atoms with Crippen LogP contribution in [-0.2, 0) is 9.62 Å². The lowest BCUT2D eigenvalue weighted by Gasteiger charge is -2.43. The number of carbonyl (C=O) groups is 1. The van der Waals surface area contributed by atoms with E-state index in [1.807, 2.05) is 27.7 Å². The van der Waals surface area contributed by atoms with Crippen molar-refractivity contribution in [2.24, 2.45) is 5.41 Å². The fourth-order valence-corrected chi connectivity index (χ4v) is 2.20. The van der Waals surface area contributed by atoms with Crippen LogP contribution in [0.2, 0.25) is 0 Å². The van der Waals surface area contributed by atoms with E-state index in [1.54, 1.807) is 0 Å². The van der Waals surface area contributed by atoms with Crippen LogP contribution in [0.1, 0.15) is 66.7 Å². The summed E-state index contributed by atoms with van der Waals surface area (Å²) in [5.41, 5.74) is -0.772. The lowest BCUT2D eigenvalue weighted by Crippen LogP contribution is -2.46. The fraction of sp³-hybridized carbons (Fsp3) is 0.923. The predicted molar refractivity (Wildman–Crippen MR) is 66.8 cm³/mol. The SMILES string of the molecule is CCCCCC(CC)(OC(=O)OO)C(C)(C)C. The highest BCUT2D eigenvalue weighted by atomic mass is 17.1. The summed E-state index contributed by atoms with van der Waals surface area (Å²) in [5.74, 6) is 0. The number of ether oxygens (including phenoxy) is 1. The van der Waals surface area contributed by atoms with E-state index in [2.05, 4.69) is 11.8 Å². The van der Waals surface area contributed by atoms with Crippen LogP contribution in [0.15, 0.2) is 0 Å². The van der Waals surface area contributed by atoms with Crippen molar-refractivity contribution in [3.05, 3.63) is 0 Å². The van der Waals surface area contributed by atoms with Crippen LogP contribution in [0.4, 0.5) is 4.79 Å². The standard InChI is InChI=1S/C13H26O4/c1-6-8-9-10-13(7-2,12(3,4)5)16-11(14)17-15/h15H,6-10H2,1-5H3. The minimum atomic E-state index is -1.02. The Kier molecular flexibility index (Phi) is 6.53. The van der Waals surface area contributed by atoms with Gasteiger partial charge in [-0.05, 0) is 19.3 Å². The van der Waals surface area contributed by atoms with Gasteiger partial charge < -0.3 is 4.74 Å². The molecule has 0 rings (SSSR count). The van der Waals surface area contributed by atoms with Gasteiger partial charge in [0, 0.05) is 5.41 Å². The number of hydrogen-bond acceptors (Lipinski definition) is 4. The van der Waals surface area contributed by atoms with Crippen LogP contribution in [0, 0.1) is 5.41 Å². The zero-order valence-electron chi connectivity index (χ0n) is 11.7. The van der Waals surface area contributed by atoms with E-state index in [0.29, 0.717) is 6.42 Å². The van der Waals surface area contributed by atoms with Gasteiger partial charge in [-0.25, -0.2) is 4.79 Å². The first-order chi connectivity index (χ1) is 7.83. The highest BCUT2D eigenvalue weighted by molar-refractivity contribution is 5.59. The van der Waals surface area contributed by atoms with Gasteiger partial charge in [0.2, 0.25) is 0 Å². The molecule has 4 heteroatoms. The van der Waals surface area contributed by atoms with Gasteiger partial charge >= 0.3 is 6.16 Å². The third-order valence-corrected chi connectivity index (χ3v) is 3.48. The van der Waals surface area contributed by atoms with Crippen molar-refractivity contribution in [3.8, 4) is 0 Å². The van der Waals surface area contributed by atoms with E-state index in [1.165, 1.54) is 0 Å². The quantitative estimate of drug-likeness (QED) is 0.327. The molecule has 0 aromatic carbocycles. The zero-order valence-corrected chi connectivity index (χ0v) is 11.7. The van der Waals surface area contributed by atoms with E-state index in [-0.39, 0.29) is 5.41 Å². The maximum Gasteiger partial charge on any atom is 0.540 e. The molecule has 0 saturated heterocycles. The Morgan fingerprint density at radius 2 is 1.76 bits per heavy atom. The maximum absolute atomic E-state index is 11.2. The average molecular weight is 246 g/mol. The molecule has 0 bridgehead atoms. The summed E-state index contributed by atoms with van der Waals surface area (Å²) in [6, 6.07) is 0. The molecular formula is C13H26O4. The second-order valence-electron chi connectivity index (χ2n) is 5.50. The molecule has 0 radical (unpaired) electrons. The Labute approximate surface area is 104 Å². The molecule has 0 aromatic heterocycles. The Morgan fingerprint density at radius 1 is 1.18 bits per heavy atom. The Bertz CT molecular complexity index is 232. The molecule has 102 valence electrons. The molecule has 0 aromatic rings. The highest BCUT2D eigenvalue weighted by Gasteiger charge is 2.44. The molecule has 0 heterocycles. The van der Waals surface area contributed by atoms with Gasteiger partial charge in [-0.3, -0.25) is 4.89 Å². The van der Waals surface area contributed by atoms with Gasteiger partial charge in [0.1, 0.15) is 5.60 Å². The molecule has 1 atom stereocenters. The largest absolute Gasteiger partial charge is 0.540 e. The highest BCUT2D eigenvalue weighted by Crippen LogP contribution is 2.41. The van der Waals surface area contributed by atoms with Crippen LogP contribution in [0.3, 0.4) is 0 Å². The third kappa shape index (κ3) is 4.54. The molecular weight excluding hydrogens is 220 g/mol. The summed E-state index contributed by atoms with van der Waals surface area (Å²) in [6.07, 6.45) is 3.70. The summed E-state index contributed by atoms with van der Waals surface area (Å²) >= 11 is 0. The van der Waals surface area contributed by atoms with E-state index in [9.17, 15) is 4.79 Å². The molecule has 0 fully saturated rings. The van der Waals surface area contributed by atoms with Crippen LogP contribution in [0.25, 0.3) is 0 Å². The van der Waals surface area contributed by atoms with Gasteiger partial charge in [0.05, 0.1) is 0 Å². The molecule has 1 unspecified atom stereocenters. The average Bonchev–Trinajstić information content (AvgIpc) is 2.26. The lowest BCUT2D eigenvalue weighted by molar-refractivity contribution is -0.224. The van der Waals surface area contributed by atoms with Gasteiger partial charge in [0.15, 0.2) is 0 Å². The molecule has 0 aliphatic rings. The monoisotopic (exact) mass is 246 g/mol. The van der Waals surface area contributed by atoms with Gasteiger partial charge in [-0.15, -0.1) is 0 Å². The summed E-state index contributed by atoms with van der Waals surface area (Å²) in [6.45, 7) is 10.2. The maximum atomic E-state index is 11.2. The van der Waals surface area contributed by atoms with E-state index >= 15 is 0 Å².